The number of benzene rings is 1. The van der Waals surface area contributed by atoms with Gasteiger partial charge >= 0.3 is 5.97 Å². The quantitative estimate of drug-likeness (QED) is 0.568. The van der Waals surface area contributed by atoms with Gasteiger partial charge in [0.1, 0.15) is 12.1 Å². The van der Waals surface area contributed by atoms with Gasteiger partial charge in [-0.25, -0.2) is 11.4 Å². The highest BCUT2D eigenvalue weighted by atomic mass is 79.9. The third-order valence-electron chi connectivity index (χ3n) is 4.54. The lowest BCUT2D eigenvalue weighted by atomic mass is 10.0. The van der Waals surface area contributed by atoms with E-state index in [1.54, 1.807) is 24.3 Å². The Hall–Kier alpha value is -2.40. The minimum Gasteiger partial charge on any atom is -0.467 e. The van der Waals surface area contributed by atoms with Crippen molar-refractivity contribution in [3.63, 3.8) is 0 Å². The molecule has 0 aromatic heterocycles. The van der Waals surface area contributed by atoms with E-state index in [-0.39, 0.29) is 30.7 Å². The van der Waals surface area contributed by atoms with Gasteiger partial charge in [0.05, 0.1) is 20.1 Å². The first kappa shape index (κ1) is 20.9. The van der Waals surface area contributed by atoms with Crippen molar-refractivity contribution in [3.05, 3.63) is 45.7 Å². The summed E-state index contributed by atoms with van der Waals surface area (Å²) in [6.45, 7) is 11.0. The molecule has 7 nitrogen and oxygen atoms in total. The van der Waals surface area contributed by atoms with Crippen LogP contribution in [0.5, 0.6) is 0 Å². The summed E-state index contributed by atoms with van der Waals surface area (Å²) >= 11 is 3.32. The van der Waals surface area contributed by atoms with Crippen molar-refractivity contribution in [3.8, 4) is 0 Å². The zero-order valence-electron chi connectivity index (χ0n) is 15.4. The van der Waals surface area contributed by atoms with E-state index in [9.17, 15) is 14.4 Å². The maximum Gasteiger partial charge on any atom is 0.328 e. The number of hydrogen-bond donors (Lipinski definition) is 1. The normalized spacial score (nSPS) is 20.1. The van der Waals surface area contributed by atoms with Crippen LogP contribution in [0.4, 0.5) is 0 Å². The maximum absolute atomic E-state index is 13.1. The SMILES string of the molecule is [C-]#[N+][C@@H]1C[C@@H](C(=O)OC)N(C(=O)[C@@H](NC(=O)c2ccc(Br)cc2)C(C)C)C1. The number of amides is 2. The Labute approximate surface area is 167 Å². The third kappa shape index (κ3) is 4.86. The highest BCUT2D eigenvalue weighted by Gasteiger charge is 2.45. The van der Waals surface area contributed by atoms with Crippen molar-refractivity contribution in [1.82, 2.24) is 10.2 Å². The van der Waals surface area contributed by atoms with E-state index in [1.165, 1.54) is 12.0 Å². The van der Waals surface area contributed by atoms with Crippen LogP contribution in [0.1, 0.15) is 30.6 Å². The Morgan fingerprint density at radius 1 is 1.30 bits per heavy atom. The number of hydrogen-bond acceptors (Lipinski definition) is 4. The molecule has 2 amide bonds. The first-order chi connectivity index (χ1) is 12.8. The van der Waals surface area contributed by atoms with E-state index in [4.69, 9.17) is 11.3 Å². The van der Waals surface area contributed by atoms with E-state index in [0.717, 1.165) is 4.47 Å². The minimum absolute atomic E-state index is 0.152. The summed E-state index contributed by atoms with van der Waals surface area (Å²) in [7, 11) is 1.26. The molecule has 1 aromatic carbocycles. The zero-order chi connectivity index (χ0) is 20.1. The lowest BCUT2D eigenvalue weighted by Gasteiger charge is -2.29. The van der Waals surface area contributed by atoms with Gasteiger partial charge in [-0.2, -0.15) is 0 Å². The van der Waals surface area contributed by atoms with Crippen molar-refractivity contribution >= 4 is 33.7 Å². The molecule has 0 radical (unpaired) electrons. The first-order valence-electron chi connectivity index (χ1n) is 8.59. The summed E-state index contributed by atoms with van der Waals surface area (Å²) in [5.74, 6) is -1.49. The molecule has 0 spiro atoms. The number of nitrogens with one attached hydrogen (secondary N) is 1. The molecule has 8 heteroatoms. The molecule has 1 aliphatic rings. The Morgan fingerprint density at radius 3 is 2.44 bits per heavy atom. The molecule has 27 heavy (non-hydrogen) atoms. The second kappa shape index (κ2) is 9.00. The van der Waals surface area contributed by atoms with Crippen LogP contribution in [0.2, 0.25) is 0 Å². The lowest BCUT2D eigenvalue weighted by Crippen LogP contribution is -2.54. The molecule has 1 N–H and O–H groups in total. The summed E-state index contributed by atoms with van der Waals surface area (Å²) < 4.78 is 5.63. The van der Waals surface area contributed by atoms with Crippen LogP contribution in [0, 0.1) is 12.5 Å². The Morgan fingerprint density at radius 2 is 1.93 bits per heavy atom. The number of halogens is 1. The average Bonchev–Trinajstić information content (AvgIpc) is 3.09. The van der Waals surface area contributed by atoms with Crippen molar-refractivity contribution < 1.29 is 19.1 Å². The van der Waals surface area contributed by atoms with Gasteiger partial charge in [0.25, 0.3) is 5.91 Å². The summed E-state index contributed by atoms with van der Waals surface area (Å²) in [6.07, 6.45) is 0.243. The summed E-state index contributed by atoms with van der Waals surface area (Å²) in [5, 5.41) is 2.76. The van der Waals surface area contributed by atoms with Crippen LogP contribution in [0.3, 0.4) is 0 Å². The molecule has 1 aliphatic heterocycles. The summed E-state index contributed by atoms with van der Waals surface area (Å²) in [4.78, 5) is 42.5. The molecule has 3 atom stereocenters. The van der Waals surface area contributed by atoms with Crippen molar-refractivity contribution in [1.29, 1.82) is 0 Å². The monoisotopic (exact) mass is 435 g/mol. The van der Waals surface area contributed by atoms with Gasteiger partial charge in [0.2, 0.25) is 11.9 Å². The third-order valence-corrected chi connectivity index (χ3v) is 5.07. The van der Waals surface area contributed by atoms with Crippen LogP contribution < -0.4 is 5.32 Å². The molecule has 144 valence electrons. The molecule has 0 unspecified atom stereocenters. The molecule has 0 aliphatic carbocycles. The van der Waals surface area contributed by atoms with Crippen molar-refractivity contribution in [2.24, 2.45) is 5.92 Å². The molecular formula is C19H22BrN3O4. The predicted octanol–water partition coefficient (Wildman–Crippen LogP) is 2.27. The molecule has 2 rings (SSSR count). The molecule has 1 aromatic rings. The van der Waals surface area contributed by atoms with Gasteiger partial charge in [0.15, 0.2) is 0 Å². The van der Waals surface area contributed by atoms with Crippen LogP contribution in [-0.2, 0) is 14.3 Å². The molecular weight excluding hydrogens is 414 g/mol. The average molecular weight is 436 g/mol. The Bertz CT molecular complexity index is 757. The number of ether oxygens (including phenoxy) is 1. The zero-order valence-corrected chi connectivity index (χ0v) is 17.0. The molecule has 1 saturated heterocycles. The molecule has 1 heterocycles. The van der Waals surface area contributed by atoms with Crippen LogP contribution in [0.15, 0.2) is 28.7 Å². The van der Waals surface area contributed by atoms with Gasteiger partial charge in [-0.1, -0.05) is 29.8 Å². The van der Waals surface area contributed by atoms with Gasteiger partial charge in [-0.05, 0) is 30.2 Å². The lowest BCUT2D eigenvalue weighted by molar-refractivity contribution is -0.151. The number of carbonyl (C=O) groups excluding carboxylic acids is 3. The molecule has 1 fully saturated rings. The largest absolute Gasteiger partial charge is 0.467 e. The smallest absolute Gasteiger partial charge is 0.328 e. The van der Waals surface area contributed by atoms with Gasteiger partial charge in [-0.15, -0.1) is 0 Å². The highest BCUT2D eigenvalue weighted by Crippen LogP contribution is 2.24. The standard InChI is InChI=1S/C19H22BrN3O4/c1-11(2)16(22-17(24)12-5-7-13(20)8-6-12)18(25)23-10-14(21-3)9-15(23)19(26)27-4/h5-8,11,14-16H,9-10H2,1-2,4H3,(H,22,24)/t14-,15+,16+/m1/s1. The summed E-state index contributed by atoms with van der Waals surface area (Å²) in [6, 6.07) is 4.75. The van der Waals surface area contributed by atoms with Gasteiger partial charge in [0, 0.05) is 10.0 Å². The van der Waals surface area contributed by atoms with E-state index in [1.807, 2.05) is 13.8 Å². The highest BCUT2D eigenvalue weighted by molar-refractivity contribution is 9.10. The maximum atomic E-state index is 13.1. The molecule has 0 bridgehead atoms. The molecule has 0 saturated carbocycles. The van der Waals surface area contributed by atoms with E-state index in [0.29, 0.717) is 5.56 Å². The van der Waals surface area contributed by atoms with Crippen LogP contribution in [-0.4, -0.2) is 54.5 Å². The summed E-state index contributed by atoms with van der Waals surface area (Å²) in [5.41, 5.74) is 0.432. The Kier molecular flexibility index (Phi) is 6.97. The fourth-order valence-electron chi connectivity index (χ4n) is 3.03. The van der Waals surface area contributed by atoms with Crippen LogP contribution in [0.25, 0.3) is 4.85 Å². The van der Waals surface area contributed by atoms with E-state index < -0.39 is 24.1 Å². The topological polar surface area (TPSA) is 80.1 Å². The van der Waals surface area contributed by atoms with E-state index in [2.05, 4.69) is 26.1 Å². The number of methoxy groups -OCH3 is 1. The predicted molar refractivity (Wildman–Crippen MR) is 103 cm³/mol. The fraction of sp³-hybridized carbons (Fsp3) is 0.474. The number of likely N-dealkylation sites (tertiary alicyclic amines) is 1. The first-order valence-corrected chi connectivity index (χ1v) is 9.39. The number of rotatable bonds is 5. The van der Waals surface area contributed by atoms with Crippen molar-refractivity contribution in [2.75, 3.05) is 13.7 Å². The minimum atomic E-state index is -0.808. The van der Waals surface area contributed by atoms with E-state index >= 15 is 0 Å². The second-order valence-corrected chi connectivity index (χ2v) is 7.67. The van der Waals surface area contributed by atoms with Crippen LogP contribution >= 0.6 is 15.9 Å². The Balaban J connectivity index is 2.20. The number of carbonyl (C=O) groups is 3. The van der Waals surface area contributed by atoms with Gasteiger partial charge in [-0.3, -0.25) is 9.59 Å². The van der Waals surface area contributed by atoms with Gasteiger partial charge < -0.3 is 19.8 Å². The number of nitrogens with zero attached hydrogens (tertiary/aromatic N) is 2. The fourth-order valence-corrected chi connectivity index (χ4v) is 3.29. The number of esters is 1. The van der Waals surface area contributed by atoms with Crippen molar-refractivity contribution in [2.45, 2.75) is 38.4 Å². The second-order valence-electron chi connectivity index (χ2n) is 6.75.